The van der Waals surface area contributed by atoms with Crippen LogP contribution in [0.1, 0.15) is 24.0 Å². The maximum atomic E-state index is 3.58. The molecule has 0 unspecified atom stereocenters. The molecule has 1 aliphatic heterocycles. The van der Waals surface area contributed by atoms with Gasteiger partial charge in [-0.05, 0) is 36.1 Å². The van der Waals surface area contributed by atoms with E-state index in [0.717, 1.165) is 45.3 Å². The first-order valence-electron chi connectivity index (χ1n) is 9.20. The van der Waals surface area contributed by atoms with Crippen molar-refractivity contribution >= 4 is 5.69 Å². The lowest BCUT2D eigenvalue weighted by molar-refractivity contribution is 0.250. The fraction of sp³-hybridized carbons (Fsp3) is 0.429. The topological polar surface area (TPSA) is 18.5 Å². The predicted octanol–water partition coefficient (Wildman–Crippen LogP) is 3.26. The highest BCUT2D eigenvalue weighted by atomic mass is 15.3. The van der Waals surface area contributed by atoms with E-state index in [2.05, 4.69) is 69.7 Å². The summed E-state index contributed by atoms with van der Waals surface area (Å²) in [6, 6.07) is 20.7. The van der Waals surface area contributed by atoms with Gasteiger partial charge in [0.1, 0.15) is 0 Å². The summed E-state index contributed by atoms with van der Waals surface area (Å²) >= 11 is 0. The number of benzene rings is 2. The van der Waals surface area contributed by atoms with Crippen LogP contribution in [0.3, 0.4) is 0 Å². The standard InChI is InChI=1S/C21H27N3/c1-2-4-19(5-3-1)17-23-12-14-24(15-13-23)21-10-6-18(7-11-21)16-22-20-8-9-20/h1-7,10-11,20,22H,8-9,12-17H2. The summed E-state index contributed by atoms with van der Waals surface area (Å²) in [6.45, 7) is 6.59. The van der Waals surface area contributed by atoms with Crippen molar-refractivity contribution in [3.63, 3.8) is 0 Å². The molecule has 3 heteroatoms. The molecule has 1 N–H and O–H groups in total. The molecule has 4 rings (SSSR count). The third-order valence-electron chi connectivity index (χ3n) is 5.09. The fourth-order valence-corrected chi connectivity index (χ4v) is 3.38. The monoisotopic (exact) mass is 321 g/mol. The first-order chi connectivity index (χ1) is 11.9. The molecule has 0 radical (unpaired) electrons. The first kappa shape index (κ1) is 15.7. The summed E-state index contributed by atoms with van der Waals surface area (Å²) in [7, 11) is 0. The van der Waals surface area contributed by atoms with Gasteiger partial charge in [0.05, 0.1) is 0 Å². The van der Waals surface area contributed by atoms with Crippen molar-refractivity contribution in [2.75, 3.05) is 31.1 Å². The maximum absolute atomic E-state index is 3.58. The van der Waals surface area contributed by atoms with E-state index in [1.807, 2.05) is 0 Å². The van der Waals surface area contributed by atoms with Crippen LogP contribution in [0.5, 0.6) is 0 Å². The first-order valence-corrected chi connectivity index (χ1v) is 9.20. The van der Waals surface area contributed by atoms with Crippen LogP contribution in [0.15, 0.2) is 54.6 Å². The van der Waals surface area contributed by atoms with Gasteiger partial charge < -0.3 is 10.2 Å². The normalized spacial score (nSPS) is 18.8. The molecule has 0 atom stereocenters. The SMILES string of the molecule is c1ccc(CN2CCN(c3ccc(CNC4CC4)cc3)CC2)cc1. The molecule has 0 aromatic heterocycles. The van der Waals surface area contributed by atoms with Gasteiger partial charge in [0.15, 0.2) is 0 Å². The average molecular weight is 321 g/mol. The molecule has 1 saturated heterocycles. The van der Waals surface area contributed by atoms with Crippen LogP contribution in [0.2, 0.25) is 0 Å². The van der Waals surface area contributed by atoms with E-state index in [1.54, 1.807) is 0 Å². The van der Waals surface area contributed by atoms with Crippen LogP contribution in [0.4, 0.5) is 5.69 Å². The van der Waals surface area contributed by atoms with Crippen LogP contribution in [0, 0.1) is 0 Å². The molecule has 2 aromatic carbocycles. The van der Waals surface area contributed by atoms with E-state index >= 15 is 0 Å². The summed E-state index contributed by atoms with van der Waals surface area (Å²) in [5, 5.41) is 3.58. The maximum Gasteiger partial charge on any atom is 0.0367 e. The van der Waals surface area contributed by atoms with Crippen molar-refractivity contribution in [3.8, 4) is 0 Å². The van der Waals surface area contributed by atoms with Crippen molar-refractivity contribution in [3.05, 3.63) is 65.7 Å². The molecule has 0 spiro atoms. The lowest BCUT2D eigenvalue weighted by Gasteiger charge is -2.36. The van der Waals surface area contributed by atoms with Gasteiger partial charge in [-0.25, -0.2) is 0 Å². The zero-order valence-electron chi connectivity index (χ0n) is 14.3. The summed E-state index contributed by atoms with van der Waals surface area (Å²) in [5.74, 6) is 0. The molecule has 0 amide bonds. The molecular formula is C21H27N3. The smallest absolute Gasteiger partial charge is 0.0367 e. The Bertz CT molecular complexity index is 626. The molecule has 1 aliphatic carbocycles. The number of hydrogen-bond acceptors (Lipinski definition) is 3. The minimum Gasteiger partial charge on any atom is -0.369 e. The largest absolute Gasteiger partial charge is 0.369 e. The van der Waals surface area contributed by atoms with Crippen LogP contribution in [-0.4, -0.2) is 37.1 Å². The molecule has 3 nitrogen and oxygen atoms in total. The van der Waals surface area contributed by atoms with Gasteiger partial charge in [0.2, 0.25) is 0 Å². The molecular weight excluding hydrogens is 294 g/mol. The fourth-order valence-electron chi connectivity index (χ4n) is 3.38. The highest BCUT2D eigenvalue weighted by molar-refractivity contribution is 5.48. The number of nitrogens with zero attached hydrogens (tertiary/aromatic N) is 2. The van der Waals surface area contributed by atoms with Crippen LogP contribution >= 0.6 is 0 Å². The number of piperazine rings is 1. The van der Waals surface area contributed by atoms with E-state index in [4.69, 9.17) is 0 Å². The summed E-state index contributed by atoms with van der Waals surface area (Å²) in [5.41, 5.74) is 4.18. The second kappa shape index (κ2) is 7.37. The van der Waals surface area contributed by atoms with E-state index in [1.165, 1.54) is 29.7 Å². The number of nitrogens with one attached hydrogen (secondary N) is 1. The molecule has 2 aromatic rings. The van der Waals surface area contributed by atoms with Crippen molar-refractivity contribution in [2.45, 2.75) is 32.0 Å². The summed E-state index contributed by atoms with van der Waals surface area (Å²) < 4.78 is 0. The third-order valence-corrected chi connectivity index (χ3v) is 5.09. The van der Waals surface area contributed by atoms with Crippen LogP contribution < -0.4 is 10.2 Å². The zero-order valence-corrected chi connectivity index (χ0v) is 14.3. The van der Waals surface area contributed by atoms with E-state index in [0.29, 0.717) is 0 Å². The van der Waals surface area contributed by atoms with Gasteiger partial charge in [-0.1, -0.05) is 42.5 Å². The van der Waals surface area contributed by atoms with Crippen molar-refractivity contribution < 1.29 is 0 Å². The number of rotatable bonds is 6. The predicted molar refractivity (Wildman–Crippen MR) is 100 cm³/mol. The lowest BCUT2D eigenvalue weighted by atomic mass is 10.1. The molecule has 1 heterocycles. The number of hydrogen-bond donors (Lipinski definition) is 1. The van der Waals surface area contributed by atoms with Crippen LogP contribution in [0.25, 0.3) is 0 Å². The zero-order chi connectivity index (χ0) is 16.2. The second-order valence-electron chi connectivity index (χ2n) is 7.07. The van der Waals surface area contributed by atoms with Gasteiger partial charge in [-0.3, -0.25) is 4.90 Å². The molecule has 1 saturated carbocycles. The third kappa shape index (κ3) is 4.16. The second-order valence-corrected chi connectivity index (χ2v) is 7.07. The van der Waals surface area contributed by atoms with Crippen molar-refractivity contribution in [1.29, 1.82) is 0 Å². The Kier molecular flexibility index (Phi) is 4.81. The highest BCUT2D eigenvalue weighted by Gasteiger charge is 2.20. The van der Waals surface area contributed by atoms with E-state index in [9.17, 15) is 0 Å². The number of anilines is 1. The Hall–Kier alpha value is -1.84. The van der Waals surface area contributed by atoms with Crippen molar-refractivity contribution in [1.82, 2.24) is 10.2 Å². The van der Waals surface area contributed by atoms with E-state index in [-0.39, 0.29) is 0 Å². The van der Waals surface area contributed by atoms with Gasteiger partial charge in [0.25, 0.3) is 0 Å². The molecule has 126 valence electrons. The Morgan fingerprint density at radius 2 is 1.50 bits per heavy atom. The Morgan fingerprint density at radius 3 is 2.17 bits per heavy atom. The van der Waals surface area contributed by atoms with Crippen molar-refractivity contribution in [2.24, 2.45) is 0 Å². The summed E-state index contributed by atoms with van der Waals surface area (Å²) in [4.78, 5) is 5.07. The minimum atomic E-state index is 0.780. The minimum absolute atomic E-state index is 0.780. The summed E-state index contributed by atoms with van der Waals surface area (Å²) in [6.07, 6.45) is 2.71. The molecule has 0 bridgehead atoms. The van der Waals surface area contributed by atoms with Gasteiger partial charge in [-0.15, -0.1) is 0 Å². The average Bonchev–Trinajstić information content (AvgIpc) is 3.47. The quantitative estimate of drug-likeness (QED) is 0.881. The van der Waals surface area contributed by atoms with Gasteiger partial charge in [0, 0.05) is 51.0 Å². The van der Waals surface area contributed by atoms with E-state index < -0.39 is 0 Å². The van der Waals surface area contributed by atoms with Gasteiger partial charge >= 0.3 is 0 Å². The highest BCUT2D eigenvalue weighted by Crippen LogP contribution is 2.21. The Balaban J connectivity index is 1.27. The lowest BCUT2D eigenvalue weighted by Crippen LogP contribution is -2.45. The Labute approximate surface area is 145 Å². The molecule has 2 fully saturated rings. The van der Waals surface area contributed by atoms with Gasteiger partial charge in [-0.2, -0.15) is 0 Å². The molecule has 2 aliphatic rings. The Morgan fingerprint density at radius 1 is 0.792 bits per heavy atom. The molecule has 24 heavy (non-hydrogen) atoms. The van der Waals surface area contributed by atoms with Crippen LogP contribution in [-0.2, 0) is 13.1 Å².